The molecule has 4 nitrogen and oxygen atoms in total. The number of likely N-dealkylation sites (tertiary alicyclic amines) is 1. The third-order valence-electron chi connectivity index (χ3n) is 4.24. The van der Waals surface area contributed by atoms with Crippen molar-refractivity contribution >= 4 is 5.97 Å². The minimum absolute atomic E-state index is 0.145. The molecule has 2 aromatic carbocycles. The molecule has 1 unspecified atom stereocenters. The summed E-state index contributed by atoms with van der Waals surface area (Å²) in [7, 11) is 0. The predicted molar refractivity (Wildman–Crippen MR) is 93.1 cm³/mol. The molecule has 126 valence electrons. The van der Waals surface area contributed by atoms with Crippen LogP contribution in [0.5, 0.6) is 11.5 Å². The quantitative estimate of drug-likeness (QED) is 0.747. The Kier molecular flexibility index (Phi) is 5.49. The molecule has 0 saturated carbocycles. The van der Waals surface area contributed by atoms with E-state index in [0.717, 1.165) is 30.9 Å². The highest BCUT2D eigenvalue weighted by molar-refractivity contribution is 5.71. The standard InChI is InChI=1S/C20H23NO3/c1-2-23-20(22)15-21-14-6-9-19(21)16-10-12-18(13-11-16)24-17-7-4-3-5-8-17/h3-5,7-8,10-13,19H,2,6,9,14-15H2,1H3. The van der Waals surface area contributed by atoms with E-state index in [-0.39, 0.29) is 12.0 Å². The first kappa shape index (κ1) is 16.5. The molecule has 0 spiro atoms. The van der Waals surface area contributed by atoms with E-state index >= 15 is 0 Å². The van der Waals surface area contributed by atoms with Crippen molar-refractivity contribution in [3.05, 3.63) is 60.2 Å². The van der Waals surface area contributed by atoms with Crippen LogP contribution in [0.4, 0.5) is 0 Å². The Morgan fingerprint density at radius 1 is 1.08 bits per heavy atom. The van der Waals surface area contributed by atoms with E-state index in [4.69, 9.17) is 9.47 Å². The first-order valence-corrected chi connectivity index (χ1v) is 8.49. The van der Waals surface area contributed by atoms with Crippen LogP contribution in [0, 0.1) is 0 Å². The Balaban J connectivity index is 1.65. The van der Waals surface area contributed by atoms with Crippen LogP contribution in [0.1, 0.15) is 31.4 Å². The van der Waals surface area contributed by atoms with Gasteiger partial charge in [0.1, 0.15) is 11.5 Å². The second-order valence-corrected chi connectivity index (χ2v) is 5.92. The van der Waals surface area contributed by atoms with E-state index in [1.807, 2.05) is 49.4 Å². The van der Waals surface area contributed by atoms with Crippen molar-refractivity contribution in [2.75, 3.05) is 19.7 Å². The normalized spacial score (nSPS) is 17.6. The average molecular weight is 325 g/mol. The Morgan fingerprint density at radius 3 is 2.50 bits per heavy atom. The summed E-state index contributed by atoms with van der Waals surface area (Å²) in [5.74, 6) is 1.50. The van der Waals surface area contributed by atoms with Gasteiger partial charge in [-0.1, -0.05) is 30.3 Å². The van der Waals surface area contributed by atoms with E-state index in [0.29, 0.717) is 13.2 Å². The second kappa shape index (κ2) is 7.97. The van der Waals surface area contributed by atoms with Gasteiger partial charge in [-0.05, 0) is 56.1 Å². The van der Waals surface area contributed by atoms with Crippen molar-refractivity contribution in [1.82, 2.24) is 4.90 Å². The Bertz CT molecular complexity index is 654. The summed E-state index contributed by atoms with van der Waals surface area (Å²) in [4.78, 5) is 13.9. The van der Waals surface area contributed by atoms with Crippen LogP contribution in [0.3, 0.4) is 0 Å². The molecule has 3 rings (SSSR count). The zero-order valence-electron chi connectivity index (χ0n) is 14.0. The van der Waals surface area contributed by atoms with E-state index in [2.05, 4.69) is 17.0 Å². The smallest absolute Gasteiger partial charge is 0.320 e. The van der Waals surface area contributed by atoms with Gasteiger partial charge in [0.2, 0.25) is 0 Å². The van der Waals surface area contributed by atoms with Crippen molar-refractivity contribution < 1.29 is 14.3 Å². The SMILES string of the molecule is CCOC(=O)CN1CCCC1c1ccc(Oc2ccccc2)cc1. The molecule has 0 bridgehead atoms. The summed E-state index contributed by atoms with van der Waals surface area (Å²) in [5, 5.41) is 0. The lowest BCUT2D eigenvalue weighted by Crippen LogP contribution is -2.30. The maximum atomic E-state index is 11.7. The van der Waals surface area contributed by atoms with Gasteiger partial charge in [0, 0.05) is 6.04 Å². The van der Waals surface area contributed by atoms with Crippen LogP contribution >= 0.6 is 0 Å². The molecule has 0 N–H and O–H groups in total. The highest BCUT2D eigenvalue weighted by atomic mass is 16.5. The van der Waals surface area contributed by atoms with Crippen LogP contribution in [-0.2, 0) is 9.53 Å². The van der Waals surface area contributed by atoms with Gasteiger partial charge >= 0.3 is 5.97 Å². The molecule has 1 fully saturated rings. The summed E-state index contributed by atoms with van der Waals surface area (Å²) < 4.78 is 10.9. The molecule has 24 heavy (non-hydrogen) atoms. The number of carbonyl (C=O) groups excluding carboxylic acids is 1. The molecule has 4 heteroatoms. The van der Waals surface area contributed by atoms with E-state index in [9.17, 15) is 4.79 Å². The van der Waals surface area contributed by atoms with Crippen LogP contribution in [0.2, 0.25) is 0 Å². The number of hydrogen-bond donors (Lipinski definition) is 0. The second-order valence-electron chi connectivity index (χ2n) is 5.92. The lowest BCUT2D eigenvalue weighted by molar-refractivity contribution is -0.144. The van der Waals surface area contributed by atoms with Crippen molar-refractivity contribution in [3.8, 4) is 11.5 Å². The van der Waals surface area contributed by atoms with Gasteiger partial charge in [-0.25, -0.2) is 0 Å². The predicted octanol–water partition coefficient (Wildman–Crippen LogP) is 4.18. The van der Waals surface area contributed by atoms with Crippen molar-refractivity contribution in [1.29, 1.82) is 0 Å². The van der Waals surface area contributed by atoms with Crippen LogP contribution in [0.15, 0.2) is 54.6 Å². The van der Waals surface area contributed by atoms with Crippen LogP contribution in [0.25, 0.3) is 0 Å². The minimum atomic E-state index is -0.145. The molecule has 0 radical (unpaired) electrons. The molecule has 1 heterocycles. The summed E-state index contributed by atoms with van der Waals surface area (Å²) in [6.07, 6.45) is 2.17. The lowest BCUT2D eigenvalue weighted by atomic mass is 10.0. The maximum absolute atomic E-state index is 11.7. The summed E-state index contributed by atoms with van der Waals surface area (Å²) in [6.45, 7) is 3.57. The first-order valence-electron chi connectivity index (χ1n) is 8.49. The van der Waals surface area contributed by atoms with Gasteiger partial charge in [0.15, 0.2) is 0 Å². The molecule has 0 amide bonds. The number of nitrogens with zero attached hydrogens (tertiary/aromatic N) is 1. The first-order chi connectivity index (χ1) is 11.8. The van der Waals surface area contributed by atoms with E-state index in [1.54, 1.807) is 0 Å². The fraction of sp³-hybridized carbons (Fsp3) is 0.350. The Labute approximate surface area is 143 Å². The Hall–Kier alpha value is -2.33. The van der Waals surface area contributed by atoms with Crippen molar-refractivity contribution in [2.45, 2.75) is 25.8 Å². The minimum Gasteiger partial charge on any atom is -0.465 e. The molecular formula is C20H23NO3. The number of carbonyl (C=O) groups is 1. The summed E-state index contributed by atoms with van der Waals surface area (Å²) in [5.41, 5.74) is 1.22. The molecule has 1 saturated heterocycles. The third-order valence-corrected chi connectivity index (χ3v) is 4.24. The highest BCUT2D eigenvalue weighted by Gasteiger charge is 2.27. The molecular weight excluding hydrogens is 302 g/mol. The lowest BCUT2D eigenvalue weighted by Gasteiger charge is -2.23. The molecule has 1 aliphatic heterocycles. The number of esters is 1. The topological polar surface area (TPSA) is 38.8 Å². The van der Waals surface area contributed by atoms with E-state index < -0.39 is 0 Å². The van der Waals surface area contributed by atoms with Gasteiger partial charge in [-0.3, -0.25) is 9.69 Å². The average Bonchev–Trinajstić information content (AvgIpc) is 3.05. The third kappa shape index (κ3) is 4.15. The molecule has 2 aromatic rings. The monoisotopic (exact) mass is 325 g/mol. The van der Waals surface area contributed by atoms with Gasteiger partial charge in [-0.15, -0.1) is 0 Å². The van der Waals surface area contributed by atoms with Crippen LogP contribution in [-0.4, -0.2) is 30.6 Å². The fourth-order valence-corrected chi connectivity index (χ4v) is 3.15. The number of ether oxygens (including phenoxy) is 2. The zero-order chi connectivity index (χ0) is 16.8. The summed E-state index contributed by atoms with van der Waals surface area (Å²) >= 11 is 0. The number of para-hydroxylation sites is 1. The van der Waals surface area contributed by atoms with Gasteiger partial charge < -0.3 is 9.47 Å². The van der Waals surface area contributed by atoms with Gasteiger partial charge in [0.05, 0.1) is 13.2 Å². The number of benzene rings is 2. The van der Waals surface area contributed by atoms with E-state index in [1.165, 1.54) is 5.56 Å². The van der Waals surface area contributed by atoms with Crippen molar-refractivity contribution in [3.63, 3.8) is 0 Å². The number of hydrogen-bond acceptors (Lipinski definition) is 4. The molecule has 1 atom stereocenters. The zero-order valence-corrected chi connectivity index (χ0v) is 14.0. The highest BCUT2D eigenvalue weighted by Crippen LogP contribution is 2.33. The molecule has 0 aromatic heterocycles. The largest absolute Gasteiger partial charge is 0.465 e. The molecule has 0 aliphatic carbocycles. The maximum Gasteiger partial charge on any atom is 0.320 e. The summed E-state index contributed by atoms with van der Waals surface area (Å²) in [6, 6.07) is 18.2. The van der Waals surface area contributed by atoms with Gasteiger partial charge in [0.25, 0.3) is 0 Å². The van der Waals surface area contributed by atoms with Gasteiger partial charge in [-0.2, -0.15) is 0 Å². The van der Waals surface area contributed by atoms with Crippen molar-refractivity contribution in [2.24, 2.45) is 0 Å². The Morgan fingerprint density at radius 2 is 1.79 bits per heavy atom. The van der Waals surface area contributed by atoms with Crippen LogP contribution < -0.4 is 4.74 Å². The number of rotatable bonds is 6. The molecule has 1 aliphatic rings. The fourth-order valence-electron chi connectivity index (χ4n) is 3.15.